The van der Waals surface area contributed by atoms with Gasteiger partial charge in [-0.2, -0.15) is 0 Å². The van der Waals surface area contributed by atoms with Crippen molar-refractivity contribution in [3.05, 3.63) is 35.9 Å². The van der Waals surface area contributed by atoms with E-state index in [1.165, 1.54) is 49.1 Å². The van der Waals surface area contributed by atoms with Gasteiger partial charge >= 0.3 is 0 Å². The summed E-state index contributed by atoms with van der Waals surface area (Å²) in [5.41, 5.74) is 2.44. The van der Waals surface area contributed by atoms with Crippen molar-refractivity contribution >= 4 is 5.52 Å². The first-order chi connectivity index (χ1) is 8.90. The number of imidazole rings is 1. The van der Waals surface area contributed by atoms with Crippen LogP contribution in [0.25, 0.3) is 5.52 Å². The van der Waals surface area contributed by atoms with Gasteiger partial charge in [0.15, 0.2) is 0 Å². The lowest BCUT2D eigenvalue weighted by Crippen LogP contribution is -2.09. The highest BCUT2D eigenvalue weighted by Gasteiger charge is 2.21. The van der Waals surface area contributed by atoms with Gasteiger partial charge in [0.1, 0.15) is 5.82 Å². The van der Waals surface area contributed by atoms with Gasteiger partial charge in [0.2, 0.25) is 0 Å². The van der Waals surface area contributed by atoms with Gasteiger partial charge in [-0.3, -0.25) is 0 Å². The van der Waals surface area contributed by atoms with E-state index in [1.807, 2.05) is 7.05 Å². The smallest absolute Gasteiger partial charge is 0.116 e. The molecule has 2 heterocycles. The summed E-state index contributed by atoms with van der Waals surface area (Å²) in [6, 6.07) is 6.37. The van der Waals surface area contributed by atoms with Crippen LogP contribution in [0.15, 0.2) is 24.4 Å². The second-order valence-corrected chi connectivity index (χ2v) is 5.24. The first kappa shape index (κ1) is 11.7. The van der Waals surface area contributed by atoms with Crippen molar-refractivity contribution in [2.24, 2.45) is 0 Å². The summed E-state index contributed by atoms with van der Waals surface area (Å²) < 4.78 is 2.29. The quantitative estimate of drug-likeness (QED) is 0.897. The molecule has 0 bridgehead atoms. The molecule has 1 fully saturated rings. The fourth-order valence-corrected chi connectivity index (χ4v) is 3.07. The highest BCUT2D eigenvalue weighted by molar-refractivity contribution is 5.53. The van der Waals surface area contributed by atoms with E-state index in [-0.39, 0.29) is 0 Å². The monoisotopic (exact) mass is 243 g/mol. The van der Waals surface area contributed by atoms with E-state index in [4.69, 9.17) is 4.98 Å². The fraction of sp³-hybridized carbons (Fsp3) is 0.533. The van der Waals surface area contributed by atoms with Crippen LogP contribution in [0.3, 0.4) is 0 Å². The molecule has 2 aromatic rings. The van der Waals surface area contributed by atoms with E-state index in [1.54, 1.807) is 0 Å². The molecule has 0 atom stereocenters. The van der Waals surface area contributed by atoms with Gasteiger partial charge in [-0.25, -0.2) is 4.98 Å². The van der Waals surface area contributed by atoms with Crippen LogP contribution < -0.4 is 5.32 Å². The number of nitrogens with zero attached hydrogens (tertiary/aromatic N) is 2. The molecule has 0 saturated heterocycles. The second-order valence-electron chi connectivity index (χ2n) is 5.24. The lowest BCUT2D eigenvalue weighted by Gasteiger charge is -2.20. The molecule has 2 aromatic heterocycles. The Hall–Kier alpha value is -1.35. The van der Waals surface area contributed by atoms with Crippen LogP contribution in [0.2, 0.25) is 0 Å². The van der Waals surface area contributed by atoms with Gasteiger partial charge in [-0.05, 0) is 32.0 Å². The lowest BCUT2D eigenvalue weighted by atomic mass is 9.89. The summed E-state index contributed by atoms with van der Waals surface area (Å²) >= 11 is 0. The summed E-state index contributed by atoms with van der Waals surface area (Å²) in [5.74, 6) is 1.93. The van der Waals surface area contributed by atoms with E-state index < -0.39 is 0 Å². The fourth-order valence-electron chi connectivity index (χ4n) is 3.07. The van der Waals surface area contributed by atoms with E-state index >= 15 is 0 Å². The number of nitrogens with one attached hydrogen (secondary N) is 1. The number of hydrogen-bond donors (Lipinski definition) is 1. The van der Waals surface area contributed by atoms with Gasteiger partial charge in [0.05, 0.1) is 11.2 Å². The molecule has 18 heavy (non-hydrogen) atoms. The van der Waals surface area contributed by atoms with E-state index in [0.717, 1.165) is 6.54 Å². The van der Waals surface area contributed by atoms with Gasteiger partial charge in [-0.1, -0.05) is 25.3 Å². The average Bonchev–Trinajstić information content (AvgIpc) is 2.80. The highest BCUT2D eigenvalue weighted by Crippen LogP contribution is 2.32. The van der Waals surface area contributed by atoms with Crippen LogP contribution in [-0.4, -0.2) is 16.4 Å². The van der Waals surface area contributed by atoms with E-state index in [9.17, 15) is 0 Å². The molecule has 0 amide bonds. The first-order valence-corrected chi connectivity index (χ1v) is 7.00. The molecule has 1 N–H and O–H groups in total. The van der Waals surface area contributed by atoms with Gasteiger partial charge in [0.25, 0.3) is 0 Å². The minimum absolute atomic E-state index is 0.652. The second kappa shape index (κ2) is 5.11. The van der Waals surface area contributed by atoms with Crippen molar-refractivity contribution in [3.63, 3.8) is 0 Å². The maximum absolute atomic E-state index is 4.90. The zero-order valence-corrected chi connectivity index (χ0v) is 11.0. The number of rotatable bonds is 3. The molecule has 0 unspecified atom stereocenters. The van der Waals surface area contributed by atoms with Crippen molar-refractivity contribution in [2.45, 2.75) is 44.6 Å². The maximum Gasteiger partial charge on any atom is 0.116 e. The lowest BCUT2D eigenvalue weighted by molar-refractivity contribution is 0.427. The number of pyridine rings is 1. The third-order valence-electron chi connectivity index (χ3n) is 3.97. The van der Waals surface area contributed by atoms with E-state index in [2.05, 4.69) is 34.1 Å². The van der Waals surface area contributed by atoms with Crippen molar-refractivity contribution in [1.29, 1.82) is 0 Å². The number of aromatic nitrogens is 2. The molecule has 0 aliphatic heterocycles. The first-order valence-electron chi connectivity index (χ1n) is 7.00. The Morgan fingerprint density at radius 1 is 1.28 bits per heavy atom. The van der Waals surface area contributed by atoms with Gasteiger partial charge in [-0.15, -0.1) is 0 Å². The largest absolute Gasteiger partial charge is 0.314 e. The zero-order chi connectivity index (χ0) is 12.4. The Morgan fingerprint density at radius 3 is 2.89 bits per heavy atom. The summed E-state index contributed by atoms with van der Waals surface area (Å²) in [5, 5.41) is 3.22. The molecule has 1 aliphatic carbocycles. The Labute approximate surface area is 108 Å². The minimum atomic E-state index is 0.652. The molecule has 0 aromatic carbocycles. The number of hydrogen-bond acceptors (Lipinski definition) is 2. The summed E-state index contributed by atoms with van der Waals surface area (Å²) in [6.45, 7) is 0.847. The van der Waals surface area contributed by atoms with Gasteiger partial charge in [0, 0.05) is 18.7 Å². The van der Waals surface area contributed by atoms with Crippen LogP contribution in [0, 0.1) is 0 Å². The molecular formula is C15H21N3. The summed E-state index contributed by atoms with van der Waals surface area (Å²) in [7, 11) is 1.98. The predicted molar refractivity (Wildman–Crippen MR) is 73.8 cm³/mol. The van der Waals surface area contributed by atoms with Crippen LogP contribution >= 0.6 is 0 Å². The molecule has 3 heteroatoms. The average molecular weight is 243 g/mol. The molecule has 3 nitrogen and oxygen atoms in total. The topological polar surface area (TPSA) is 29.3 Å². The standard InChI is InChI=1S/C15H21N3/c1-16-11-13-14-9-5-6-10-18(14)15(17-13)12-7-3-2-4-8-12/h5-6,9-10,12,16H,2-4,7-8,11H2,1H3. The number of fused-ring (bicyclic) bond motifs is 1. The highest BCUT2D eigenvalue weighted by atomic mass is 15.0. The van der Waals surface area contributed by atoms with Crippen molar-refractivity contribution in [2.75, 3.05) is 7.05 Å². The third-order valence-corrected chi connectivity index (χ3v) is 3.97. The van der Waals surface area contributed by atoms with Gasteiger partial charge < -0.3 is 9.72 Å². The Balaban J connectivity index is 2.04. The zero-order valence-electron chi connectivity index (χ0n) is 11.0. The molecule has 0 spiro atoms. The van der Waals surface area contributed by atoms with Crippen LogP contribution in [0.5, 0.6) is 0 Å². The SMILES string of the molecule is CNCc1nc(C2CCCCC2)n2ccccc12. The van der Waals surface area contributed by atoms with Crippen LogP contribution in [-0.2, 0) is 6.54 Å². The molecule has 3 rings (SSSR count). The van der Waals surface area contributed by atoms with Crippen molar-refractivity contribution < 1.29 is 0 Å². The minimum Gasteiger partial charge on any atom is -0.314 e. The molecule has 1 saturated carbocycles. The Morgan fingerprint density at radius 2 is 2.11 bits per heavy atom. The van der Waals surface area contributed by atoms with Crippen molar-refractivity contribution in [3.8, 4) is 0 Å². The summed E-state index contributed by atoms with van der Waals surface area (Å²) in [4.78, 5) is 4.90. The molecule has 1 aliphatic rings. The molecular weight excluding hydrogens is 222 g/mol. The van der Waals surface area contributed by atoms with E-state index in [0.29, 0.717) is 5.92 Å². The van der Waals surface area contributed by atoms with Crippen LogP contribution in [0.4, 0.5) is 0 Å². The molecule has 0 radical (unpaired) electrons. The predicted octanol–water partition coefficient (Wildman–Crippen LogP) is 3.10. The maximum atomic E-state index is 4.90. The van der Waals surface area contributed by atoms with Crippen LogP contribution in [0.1, 0.15) is 49.5 Å². The Bertz CT molecular complexity index is 524. The Kier molecular flexibility index (Phi) is 3.33. The summed E-state index contributed by atoms with van der Waals surface area (Å²) in [6.07, 6.45) is 8.86. The van der Waals surface area contributed by atoms with Crippen molar-refractivity contribution in [1.82, 2.24) is 14.7 Å². The third kappa shape index (κ3) is 2.03. The normalized spacial score (nSPS) is 17.4. The molecule has 96 valence electrons.